The summed E-state index contributed by atoms with van der Waals surface area (Å²) in [7, 11) is 0. The van der Waals surface area contributed by atoms with Crippen LogP contribution in [0.3, 0.4) is 0 Å². The SMILES string of the molecule is CSC(CO)C(C)NC(C)c1ccccn1. The van der Waals surface area contributed by atoms with Crippen molar-refractivity contribution in [3.05, 3.63) is 30.1 Å². The molecule has 1 heterocycles. The molecule has 16 heavy (non-hydrogen) atoms. The molecule has 1 rings (SSSR count). The molecular weight excluding hydrogens is 220 g/mol. The Bertz CT molecular complexity index is 290. The van der Waals surface area contributed by atoms with Gasteiger partial charge in [0.1, 0.15) is 0 Å². The van der Waals surface area contributed by atoms with Gasteiger partial charge in [-0.2, -0.15) is 11.8 Å². The van der Waals surface area contributed by atoms with Crippen molar-refractivity contribution in [2.45, 2.75) is 31.2 Å². The topological polar surface area (TPSA) is 45.1 Å². The Balaban J connectivity index is 2.54. The van der Waals surface area contributed by atoms with Crippen LogP contribution in [0.5, 0.6) is 0 Å². The summed E-state index contributed by atoms with van der Waals surface area (Å²) in [4.78, 5) is 4.31. The van der Waals surface area contributed by atoms with Crippen molar-refractivity contribution in [1.29, 1.82) is 0 Å². The zero-order valence-corrected chi connectivity index (χ0v) is 10.9. The van der Waals surface area contributed by atoms with E-state index in [2.05, 4.69) is 24.1 Å². The van der Waals surface area contributed by atoms with Crippen molar-refractivity contribution in [2.75, 3.05) is 12.9 Å². The highest BCUT2D eigenvalue weighted by Gasteiger charge is 2.17. The lowest BCUT2D eigenvalue weighted by atomic mass is 10.1. The summed E-state index contributed by atoms with van der Waals surface area (Å²) in [5.74, 6) is 0. The summed E-state index contributed by atoms with van der Waals surface area (Å²) < 4.78 is 0. The Morgan fingerprint density at radius 2 is 2.19 bits per heavy atom. The van der Waals surface area contributed by atoms with Crippen LogP contribution in [0.1, 0.15) is 25.6 Å². The van der Waals surface area contributed by atoms with Gasteiger partial charge in [0, 0.05) is 23.5 Å². The number of nitrogens with one attached hydrogen (secondary N) is 1. The van der Waals surface area contributed by atoms with Gasteiger partial charge in [-0.3, -0.25) is 4.98 Å². The molecule has 0 aromatic carbocycles. The summed E-state index contributed by atoms with van der Waals surface area (Å²) in [5.41, 5.74) is 1.03. The Kier molecular flexibility index (Phi) is 5.80. The van der Waals surface area contributed by atoms with E-state index in [9.17, 15) is 5.11 Å². The quantitative estimate of drug-likeness (QED) is 0.796. The Labute approximate surface area is 102 Å². The molecule has 3 nitrogen and oxygen atoms in total. The van der Waals surface area contributed by atoms with Crippen LogP contribution in [-0.2, 0) is 0 Å². The minimum atomic E-state index is 0.199. The van der Waals surface area contributed by atoms with Gasteiger partial charge in [-0.05, 0) is 32.2 Å². The number of hydrogen-bond donors (Lipinski definition) is 2. The molecule has 0 fully saturated rings. The molecule has 90 valence electrons. The van der Waals surface area contributed by atoms with Gasteiger partial charge in [0.05, 0.1) is 12.3 Å². The maximum Gasteiger partial charge on any atom is 0.0570 e. The molecule has 0 saturated heterocycles. The zero-order chi connectivity index (χ0) is 12.0. The number of aromatic nitrogens is 1. The molecule has 0 aliphatic heterocycles. The first kappa shape index (κ1) is 13.5. The molecule has 0 aliphatic rings. The number of aliphatic hydroxyl groups excluding tert-OH is 1. The maximum absolute atomic E-state index is 9.20. The number of rotatable bonds is 6. The summed E-state index contributed by atoms with van der Waals surface area (Å²) in [6, 6.07) is 6.38. The Morgan fingerprint density at radius 1 is 1.44 bits per heavy atom. The average Bonchev–Trinajstić information content (AvgIpc) is 2.31. The lowest BCUT2D eigenvalue weighted by molar-refractivity contribution is 0.271. The van der Waals surface area contributed by atoms with E-state index in [0.717, 1.165) is 5.69 Å². The number of aliphatic hydroxyl groups is 1. The third-order valence-corrected chi connectivity index (χ3v) is 3.85. The smallest absolute Gasteiger partial charge is 0.0570 e. The fraction of sp³-hybridized carbons (Fsp3) is 0.583. The van der Waals surface area contributed by atoms with Crippen LogP contribution in [0.2, 0.25) is 0 Å². The molecule has 1 aromatic rings. The van der Waals surface area contributed by atoms with Gasteiger partial charge in [-0.1, -0.05) is 6.07 Å². The van der Waals surface area contributed by atoms with Crippen LogP contribution in [0.4, 0.5) is 0 Å². The highest BCUT2D eigenvalue weighted by atomic mass is 32.2. The second-order valence-corrected chi connectivity index (χ2v) is 4.97. The van der Waals surface area contributed by atoms with E-state index in [1.807, 2.05) is 24.5 Å². The number of thioether (sulfide) groups is 1. The van der Waals surface area contributed by atoms with Crippen molar-refractivity contribution in [2.24, 2.45) is 0 Å². The Hall–Kier alpha value is -0.580. The Morgan fingerprint density at radius 3 is 2.69 bits per heavy atom. The molecule has 3 atom stereocenters. The standard InChI is InChI=1S/C12H20N2OS/c1-9(11-6-4-5-7-13-11)14-10(2)12(8-15)16-3/h4-7,9-10,12,14-15H,8H2,1-3H3. The van der Waals surface area contributed by atoms with Crippen LogP contribution in [-0.4, -0.2) is 34.2 Å². The molecule has 4 heteroatoms. The van der Waals surface area contributed by atoms with E-state index < -0.39 is 0 Å². The van der Waals surface area contributed by atoms with E-state index in [1.165, 1.54) is 0 Å². The van der Waals surface area contributed by atoms with Crippen LogP contribution in [0.25, 0.3) is 0 Å². The van der Waals surface area contributed by atoms with E-state index in [1.54, 1.807) is 18.0 Å². The fourth-order valence-corrected chi connectivity index (χ4v) is 2.29. The highest BCUT2D eigenvalue weighted by Crippen LogP contribution is 2.15. The lowest BCUT2D eigenvalue weighted by Crippen LogP contribution is -2.39. The van der Waals surface area contributed by atoms with Crippen molar-refractivity contribution >= 4 is 11.8 Å². The molecule has 2 N–H and O–H groups in total. The van der Waals surface area contributed by atoms with Crippen molar-refractivity contribution in [1.82, 2.24) is 10.3 Å². The van der Waals surface area contributed by atoms with Gasteiger partial charge in [0.15, 0.2) is 0 Å². The first-order valence-corrected chi connectivity index (χ1v) is 6.78. The van der Waals surface area contributed by atoms with E-state index in [0.29, 0.717) is 0 Å². The summed E-state index contributed by atoms with van der Waals surface area (Å²) >= 11 is 1.68. The second-order valence-electron chi connectivity index (χ2n) is 3.89. The number of pyridine rings is 1. The normalized spacial score (nSPS) is 16.8. The lowest BCUT2D eigenvalue weighted by Gasteiger charge is -2.25. The predicted octanol–water partition coefficient (Wildman–Crippen LogP) is 1.84. The van der Waals surface area contributed by atoms with Gasteiger partial charge < -0.3 is 10.4 Å². The van der Waals surface area contributed by atoms with Crippen LogP contribution < -0.4 is 5.32 Å². The van der Waals surface area contributed by atoms with E-state index in [4.69, 9.17) is 0 Å². The minimum absolute atomic E-state index is 0.199. The second kappa shape index (κ2) is 6.89. The van der Waals surface area contributed by atoms with Crippen molar-refractivity contribution in [3.63, 3.8) is 0 Å². The largest absolute Gasteiger partial charge is 0.395 e. The third kappa shape index (κ3) is 3.77. The molecule has 3 unspecified atom stereocenters. The minimum Gasteiger partial charge on any atom is -0.395 e. The first-order valence-electron chi connectivity index (χ1n) is 5.49. The van der Waals surface area contributed by atoms with Gasteiger partial charge in [-0.25, -0.2) is 0 Å². The highest BCUT2D eigenvalue weighted by molar-refractivity contribution is 7.99. The zero-order valence-electron chi connectivity index (χ0n) is 10.1. The van der Waals surface area contributed by atoms with Crippen LogP contribution in [0.15, 0.2) is 24.4 Å². The van der Waals surface area contributed by atoms with E-state index in [-0.39, 0.29) is 23.9 Å². The summed E-state index contributed by atoms with van der Waals surface area (Å²) in [6.45, 7) is 4.38. The number of nitrogens with zero attached hydrogens (tertiary/aromatic N) is 1. The third-order valence-electron chi connectivity index (χ3n) is 2.68. The average molecular weight is 240 g/mol. The fourth-order valence-electron chi connectivity index (χ4n) is 1.66. The predicted molar refractivity (Wildman–Crippen MR) is 69.6 cm³/mol. The molecule has 1 aromatic heterocycles. The number of hydrogen-bond acceptors (Lipinski definition) is 4. The molecule has 0 saturated carbocycles. The summed E-state index contributed by atoms with van der Waals surface area (Å²) in [6.07, 6.45) is 3.82. The molecule has 0 amide bonds. The first-order chi connectivity index (χ1) is 7.69. The van der Waals surface area contributed by atoms with Gasteiger partial charge in [-0.15, -0.1) is 0 Å². The van der Waals surface area contributed by atoms with Crippen LogP contribution >= 0.6 is 11.8 Å². The molecular formula is C12H20N2OS. The molecule has 0 radical (unpaired) electrons. The monoisotopic (exact) mass is 240 g/mol. The van der Waals surface area contributed by atoms with Crippen molar-refractivity contribution in [3.8, 4) is 0 Å². The van der Waals surface area contributed by atoms with Gasteiger partial charge >= 0.3 is 0 Å². The van der Waals surface area contributed by atoms with Gasteiger partial charge in [0.2, 0.25) is 0 Å². The maximum atomic E-state index is 9.20. The molecule has 0 bridgehead atoms. The van der Waals surface area contributed by atoms with Crippen molar-refractivity contribution < 1.29 is 5.11 Å². The van der Waals surface area contributed by atoms with Gasteiger partial charge in [0.25, 0.3) is 0 Å². The summed E-state index contributed by atoms with van der Waals surface area (Å²) in [5, 5.41) is 12.9. The molecule has 0 spiro atoms. The molecule has 0 aliphatic carbocycles. The van der Waals surface area contributed by atoms with Crippen LogP contribution in [0, 0.1) is 0 Å². The van der Waals surface area contributed by atoms with E-state index >= 15 is 0 Å².